The number of benzene rings is 3. The number of piperazine rings is 1. The van der Waals surface area contributed by atoms with E-state index in [0.29, 0.717) is 74.0 Å². The molecule has 1 aliphatic carbocycles. The fraction of sp³-hybridized carbons (Fsp3) is 0.375. The maximum atomic E-state index is 14.0. The monoisotopic (exact) mass is 969 g/mol. The fourth-order valence-corrected chi connectivity index (χ4v) is 12.2. The van der Waals surface area contributed by atoms with Crippen molar-refractivity contribution in [1.82, 2.24) is 24.5 Å². The Morgan fingerprint density at radius 2 is 1.76 bits per heavy atom. The van der Waals surface area contributed by atoms with Crippen LogP contribution in [0.2, 0.25) is 5.02 Å². The largest absolute Gasteiger partial charge is 0.455 e. The second kappa shape index (κ2) is 19.8. The number of allylic oxidation sites excluding steroid dienone is 1. The number of anilines is 1. The van der Waals surface area contributed by atoms with Gasteiger partial charge in [-0.25, -0.2) is 22.9 Å². The number of aryl methyl sites for hydroxylation is 1. The first kappa shape index (κ1) is 47.7. The van der Waals surface area contributed by atoms with Crippen molar-refractivity contribution in [2.45, 2.75) is 50.8 Å². The zero-order valence-corrected chi connectivity index (χ0v) is 40.1. The van der Waals surface area contributed by atoms with E-state index in [2.05, 4.69) is 65.6 Å². The van der Waals surface area contributed by atoms with E-state index in [-0.39, 0.29) is 22.4 Å². The highest BCUT2D eigenvalue weighted by Crippen LogP contribution is 2.43. The van der Waals surface area contributed by atoms with E-state index in [4.69, 9.17) is 22.1 Å². The minimum atomic E-state index is -4.58. The Hall–Kier alpha value is -5.79. The number of pyridine rings is 1. The third-order valence-corrected chi connectivity index (χ3v) is 16.9. The predicted octanol–water partition coefficient (Wildman–Crippen LogP) is 7.92. The van der Waals surface area contributed by atoms with Gasteiger partial charge >= 0.3 is 6.03 Å². The average Bonchev–Trinajstić information content (AvgIpc) is 3.76. The molecule has 354 valence electrons. The molecule has 4 N–H and O–H groups in total. The first-order valence-electron chi connectivity index (χ1n) is 22.3. The number of aromatic nitrogens is 2. The Bertz CT molecular complexity index is 2960. The number of primary amides is 1. The van der Waals surface area contributed by atoms with Crippen LogP contribution in [-0.2, 0) is 25.9 Å². The van der Waals surface area contributed by atoms with Crippen molar-refractivity contribution >= 4 is 76.8 Å². The zero-order chi connectivity index (χ0) is 47.5. The Morgan fingerprint density at radius 3 is 2.48 bits per heavy atom. The summed E-state index contributed by atoms with van der Waals surface area (Å²) in [6, 6.07) is 19.8. The van der Waals surface area contributed by atoms with Crippen LogP contribution in [0.4, 0.5) is 16.2 Å². The first-order valence-corrected chi connectivity index (χ1v) is 26.3. The summed E-state index contributed by atoms with van der Waals surface area (Å²) in [4.78, 5) is 50.9. The molecule has 0 unspecified atom stereocenters. The summed E-state index contributed by atoms with van der Waals surface area (Å²) in [7, 11) is -6.28. The van der Waals surface area contributed by atoms with Crippen molar-refractivity contribution in [1.29, 1.82) is 0 Å². The summed E-state index contributed by atoms with van der Waals surface area (Å²) in [5.74, 6) is 4.89. The number of sulfonamides is 1. The van der Waals surface area contributed by atoms with Crippen LogP contribution < -0.4 is 20.1 Å². The summed E-state index contributed by atoms with van der Waals surface area (Å²) in [6.07, 6.45) is 7.33. The lowest BCUT2D eigenvalue weighted by Crippen LogP contribution is -2.47. The number of rotatable bonds is 14. The van der Waals surface area contributed by atoms with Crippen molar-refractivity contribution in [2.24, 2.45) is 15.5 Å². The predicted molar refractivity (Wildman–Crippen MR) is 266 cm³/mol. The molecule has 2 aliphatic heterocycles. The van der Waals surface area contributed by atoms with Crippen molar-refractivity contribution in [3.8, 4) is 11.5 Å². The van der Waals surface area contributed by atoms with Crippen LogP contribution in [0.1, 0.15) is 61.0 Å². The van der Waals surface area contributed by atoms with E-state index in [0.717, 1.165) is 61.1 Å². The van der Waals surface area contributed by atoms with Gasteiger partial charge in [0, 0.05) is 97.3 Å². The van der Waals surface area contributed by atoms with Gasteiger partial charge in [0.05, 0.1) is 21.6 Å². The number of hydrogen-bond acceptors (Lipinski definition) is 11. The van der Waals surface area contributed by atoms with Gasteiger partial charge in [-0.1, -0.05) is 55.1 Å². The number of halogens is 1. The van der Waals surface area contributed by atoms with E-state index in [1.807, 2.05) is 18.2 Å². The van der Waals surface area contributed by atoms with Gasteiger partial charge in [-0.2, -0.15) is 4.36 Å². The number of ether oxygens (including phenoxy) is 1. The molecule has 4 heterocycles. The molecule has 16 nitrogen and oxygen atoms in total. The SMILES string of the molecule is C=S1(=NC(N)=O)CCN(CCCc2ccc(S(=O)(=O)NC(=O)c3ccc(N4CCN(CC5=C(c6ccc(Cl)cc6)CC(C)(C)CC5)CC4)cc3Oc3cnc4[nH]ccc4c3)cc2[N+](=O)[O-])CC1. The minimum absolute atomic E-state index is 0.0492. The molecule has 67 heavy (non-hydrogen) atoms. The third-order valence-electron chi connectivity index (χ3n) is 12.9. The number of hydrogen-bond donors (Lipinski definition) is 3. The van der Waals surface area contributed by atoms with Gasteiger partial charge in [-0.05, 0) is 97.7 Å². The molecular weight excluding hydrogens is 914 g/mol. The van der Waals surface area contributed by atoms with E-state index in [1.54, 1.807) is 24.4 Å². The summed E-state index contributed by atoms with van der Waals surface area (Å²) in [6.45, 7) is 10.6. The zero-order valence-electron chi connectivity index (χ0n) is 37.7. The number of urea groups is 1. The molecule has 0 spiro atoms. The maximum Gasteiger partial charge on any atom is 0.343 e. The Morgan fingerprint density at radius 1 is 1.01 bits per heavy atom. The third kappa shape index (κ3) is 11.7. The highest BCUT2D eigenvalue weighted by atomic mass is 35.5. The Kier molecular flexibility index (Phi) is 14.1. The number of nitro benzene ring substituents is 1. The molecule has 0 bridgehead atoms. The lowest BCUT2D eigenvalue weighted by atomic mass is 9.72. The fourth-order valence-electron chi connectivity index (χ4n) is 9.12. The van der Waals surface area contributed by atoms with Gasteiger partial charge in [-0.3, -0.25) is 19.8 Å². The van der Waals surface area contributed by atoms with Crippen molar-refractivity contribution in [3.63, 3.8) is 0 Å². The van der Waals surface area contributed by atoms with Crippen LogP contribution in [0.15, 0.2) is 100 Å². The quantitative estimate of drug-likeness (QED) is 0.0553. The van der Waals surface area contributed by atoms with E-state index in [1.165, 1.54) is 41.1 Å². The second-order valence-corrected chi connectivity index (χ2v) is 23.4. The minimum Gasteiger partial charge on any atom is -0.455 e. The topological polar surface area (TPSA) is 209 Å². The lowest BCUT2D eigenvalue weighted by Gasteiger charge is -2.39. The molecule has 19 heteroatoms. The van der Waals surface area contributed by atoms with Crippen molar-refractivity contribution < 1.29 is 27.7 Å². The molecule has 2 aromatic heterocycles. The maximum absolute atomic E-state index is 14.0. The molecule has 5 aromatic rings. The summed E-state index contributed by atoms with van der Waals surface area (Å²) in [5, 5.41) is 13.7. The van der Waals surface area contributed by atoms with Gasteiger partial charge in [0.15, 0.2) is 0 Å². The standard InChI is InChI=1S/C48H56ClN9O7S2/c1-48(2)16-14-36(42(30-48)33-6-9-37(49)10-7-33)32-56-19-21-57(22-20-56)38-11-13-41(44(28-38)65-39-27-35-15-17-51-45(35)52-31-39)46(59)53-67(63,64)40-12-8-34(43(29-40)58(61)62)5-4-18-55-23-25-66(3,26-24-55)54-47(50)60/h6-13,15,17,27-29,31H,3-5,14,16,18-26,30,32H2,1-2H3,(H2,50,60)(H,51,52)(H,53,59). The van der Waals surface area contributed by atoms with Gasteiger partial charge in [0.1, 0.15) is 17.1 Å². The smallest absolute Gasteiger partial charge is 0.343 e. The highest BCUT2D eigenvalue weighted by Gasteiger charge is 2.31. The normalized spacial score (nSPS) is 17.9. The molecule has 0 saturated carbocycles. The molecule has 0 radical (unpaired) electrons. The number of nitrogens with zero attached hydrogens (tertiary/aromatic N) is 6. The van der Waals surface area contributed by atoms with Crippen LogP contribution in [-0.4, -0.2) is 115 Å². The van der Waals surface area contributed by atoms with Crippen LogP contribution in [0, 0.1) is 15.5 Å². The number of amides is 3. The highest BCUT2D eigenvalue weighted by molar-refractivity contribution is 8.02. The van der Waals surface area contributed by atoms with Crippen molar-refractivity contribution in [2.75, 3.05) is 68.8 Å². The molecule has 2 fully saturated rings. The van der Waals surface area contributed by atoms with Crippen LogP contribution in [0.3, 0.4) is 0 Å². The number of nitrogens with one attached hydrogen (secondary N) is 2. The number of H-pyrrole nitrogens is 1. The molecule has 8 rings (SSSR count). The molecule has 2 saturated heterocycles. The lowest BCUT2D eigenvalue weighted by molar-refractivity contribution is -0.385. The van der Waals surface area contributed by atoms with Crippen molar-refractivity contribution in [3.05, 3.63) is 123 Å². The number of nitro groups is 1. The summed E-state index contributed by atoms with van der Waals surface area (Å²) >= 11 is 6.25. The van der Waals surface area contributed by atoms with Gasteiger partial charge in [0.25, 0.3) is 21.6 Å². The van der Waals surface area contributed by atoms with Crippen LogP contribution in [0.25, 0.3) is 16.6 Å². The Labute approximate surface area is 396 Å². The molecule has 0 atom stereocenters. The molecule has 3 amide bonds. The van der Waals surface area contributed by atoms with E-state index < -0.39 is 41.2 Å². The number of fused-ring (bicyclic) bond motifs is 1. The average molecular weight is 971 g/mol. The molecule has 3 aliphatic rings. The van der Waals surface area contributed by atoms with Crippen LogP contribution >= 0.6 is 11.6 Å². The van der Waals surface area contributed by atoms with E-state index in [9.17, 15) is 28.1 Å². The second-order valence-electron chi connectivity index (χ2n) is 18.3. The van der Waals surface area contributed by atoms with Gasteiger partial charge in [-0.15, -0.1) is 9.41 Å². The summed E-state index contributed by atoms with van der Waals surface area (Å²) in [5.41, 5.74) is 11.0. The molecular formula is C48H56ClN9O7S2. The van der Waals surface area contributed by atoms with Crippen LogP contribution in [0.5, 0.6) is 11.5 Å². The molecule has 3 aromatic carbocycles. The van der Waals surface area contributed by atoms with Gasteiger partial charge in [0.2, 0.25) is 0 Å². The number of nitrogens with two attached hydrogens (primary N) is 1. The number of carbonyl (C=O) groups is 2. The van der Waals surface area contributed by atoms with E-state index >= 15 is 0 Å². The number of aromatic amines is 1. The first-order chi connectivity index (χ1) is 31.9. The number of carbonyl (C=O) groups excluding carboxylic acids is 2. The Balaban J connectivity index is 0.966. The van der Waals surface area contributed by atoms with Gasteiger partial charge < -0.3 is 25.3 Å². The summed E-state index contributed by atoms with van der Waals surface area (Å²) < 4.78 is 40.1.